The fourth-order valence-corrected chi connectivity index (χ4v) is 1.87. The molecule has 2 aromatic heterocycles. The van der Waals surface area contributed by atoms with E-state index in [2.05, 4.69) is 27.1 Å². The van der Waals surface area contributed by atoms with E-state index < -0.39 is 0 Å². The van der Waals surface area contributed by atoms with Crippen molar-refractivity contribution >= 4 is 17.3 Å². The van der Waals surface area contributed by atoms with Crippen molar-refractivity contribution in [3.05, 3.63) is 18.6 Å². The molecule has 0 radical (unpaired) electrons. The summed E-state index contributed by atoms with van der Waals surface area (Å²) in [5, 5.41) is 3.33. The van der Waals surface area contributed by atoms with E-state index in [0.29, 0.717) is 5.82 Å². The summed E-state index contributed by atoms with van der Waals surface area (Å²) in [7, 11) is 4.08. The maximum absolute atomic E-state index is 5.75. The molecule has 1 unspecified atom stereocenters. The van der Waals surface area contributed by atoms with Crippen molar-refractivity contribution in [3.8, 4) is 0 Å². The summed E-state index contributed by atoms with van der Waals surface area (Å²) < 4.78 is 1.87. The van der Waals surface area contributed by atoms with E-state index in [0.717, 1.165) is 18.0 Å². The number of nitrogens with two attached hydrogens (primary N) is 1. The van der Waals surface area contributed by atoms with Crippen molar-refractivity contribution in [1.82, 2.24) is 19.3 Å². The monoisotopic (exact) mass is 234 g/mol. The van der Waals surface area contributed by atoms with Gasteiger partial charge in [-0.25, -0.2) is 9.97 Å². The van der Waals surface area contributed by atoms with Crippen molar-refractivity contribution < 1.29 is 0 Å². The predicted octanol–water partition coefficient (Wildman–Crippen LogP) is 0.673. The number of aromatic nitrogens is 3. The second-order valence-electron chi connectivity index (χ2n) is 4.48. The Morgan fingerprint density at radius 2 is 2.29 bits per heavy atom. The number of imidazole rings is 1. The summed E-state index contributed by atoms with van der Waals surface area (Å²) >= 11 is 0. The molecule has 6 heteroatoms. The molecule has 92 valence electrons. The molecular weight excluding hydrogens is 216 g/mol. The molecule has 0 aliphatic rings. The zero-order chi connectivity index (χ0) is 12.4. The average Bonchev–Trinajstić information content (AvgIpc) is 2.63. The first-order chi connectivity index (χ1) is 8.06. The van der Waals surface area contributed by atoms with Crippen molar-refractivity contribution in [2.24, 2.45) is 0 Å². The first-order valence-electron chi connectivity index (χ1n) is 5.56. The lowest BCUT2D eigenvalue weighted by Gasteiger charge is -2.19. The van der Waals surface area contributed by atoms with Crippen molar-refractivity contribution in [2.45, 2.75) is 13.0 Å². The van der Waals surface area contributed by atoms with Crippen LogP contribution in [0, 0.1) is 0 Å². The summed E-state index contributed by atoms with van der Waals surface area (Å²) in [4.78, 5) is 10.7. The Balaban J connectivity index is 2.25. The van der Waals surface area contributed by atoms with Crippen LogP contribution in [0.15, 0.2) is 18.6 Å². The van der Waals surface area contributed by atoms with Gasteiger partial charge in [0.05, 0.1) is 6.20 Å². The molecule has 0 fully saturated rings. The molecule has 1 atom stereocenters. The first kappa shape index (κ1) is 11.7. The Labute approximate surface area is 100 Å². The van der Waals surface area contributed by atoms with Crippen LogP contribution < -0.4 is 11.1 Å². The van der Waals surface area contributed by atoms with E-state index in [1.165, 1.54) is 0 Å². The van der Waals surface area contributed by atoms with Crippen LogP contribution in [0.1, 0.15) is 6.92 Å². The van der Waals surface area contributed by atoms with Gasteiger partial charge in [0.2, 0.25) is 0 Å². The van der Waals surface area contributed by atoms with Gasteiger partial charge in [-0.05, 0) is 21.0 Å². The summed E-state index contributed by atoms with van der Waals surface area (Å²) in [5.41, 5.74) is 6.55. The molecule has 0 saturated heterocycles. The standard InChI is InChI=1S/C11H18N6/c1-8(6-16(2)3)14-10-11-13-4-5-17(11)7-9(12)15-10/h4-5,7-8H,6,12H2,1-3H3,(H,14,15). The van der Waals surface area contributed by atoms with E-state index in [1.54, 1.807) is 12.4 Å². The number of hydrogen-bond acceptors (Lipinski definition) is 5. The normalized spacial score (nSPS) is 13.2. The minimum atomic E-state index is 0.278. The Morgan fingerprint density at radius 3 is 3.00 bits per heavy atom. The van der Waals surface area contributed by atoms with Gasteiger partial charge in [0.25, 0.3) is 0 Å². The van der Waals surface area contributed by atoms with Crippen LogP contribution in [0.3, 0.4) is 0 Å². The second-order valence-corrected chi connectivity index (χ2v) is 4.48. The van der Waals surface area contributed by atoms with Crippen molar-refractivity contribution in [1.29, 1.82) is 0 Å². The summed E-state index contributed by atoms with van der Waals surface area (Å²) in [6, 6.07) is 0.278. The minimum absolute atomic E-state index is 0.278. The largest absolute Gasteiger partial charge is 0.382 e. The Kier molecular flexibility index (Phi) is 3.14. The van der Waals surface area contributed by atoms with E-state index in [9.17, 15) is 0 Å². The number of nitrogens with zero attached hydrogens (tertiary/aromatic N) is 4. The van der Waals surface area contributed by atoms with Crippen molar-refractivity contribution in [3.63, 3.8) is 0 Å². The van der Waals surface area contributed by atoms with Gasteiger partial charge in [-0.2, -0.15) is 0 Å². The molecule has 0 bridgehead atoms. The van der Waals surface area contributed by atoms with E-state index in [1.807, 2.05) is 24.7 Å². The van der Waals surface area contributed by atoms with Crippen LogP contribution in [0.2, 0.25) is 0 Å². The smallest absolute Gasteiger partial charge is 0.180 e. The highest BCUT2D eigenvalue weighted by Crippen LogP contribution is 2.15. The lowest BCUT2D eigenvalue weighted by molar-refractivity contribution is 0.392. The van der Waals surface area contributed by atoms with Gasteiger partial charge in [0.1, 0.15) is 5.82 Å². The molecule has 3 N–H and O–H groups in total. The molecule has 2 rings (SSSR count). The van der Waals surface area contributed by atoms with Gasteiger partial charge < -0.3 is 20.4 Å². The fraction of sp³-hybridized carbons (Fsp3) is 0.455. The molecule has 0 saturated carbocycles. The zero-order valence-corrected chi connectivity index (χ0v) is 10.4. The molecule has 0 aliphatic heterocycles. The third-order valence-corrected chi connectivity index (χ3v) is 2.41. The number of nitrogen functional groups attached to an aromatic ring is 1. The van der Waals surface area contributed by atoms with Crippen LogP contribution in [-0.4, -0.2) is 46.0 Å². The maximum Gasteiger partial charge on any atom is 0.180 e. The number of rotatable bonds is 4. The highest BCUT2D eigenvalue weighted by Gasteiger charge is 2.09. The molecule has 0 aromatic carbocycles. The summed E-state index contributed by atoms with van der Waals surface area (Å²) in [6.45, 7) is 3.02. The lowest BCUT2D eigenvalue weighted by Crippen LogP contribution is -2.30. The predicted molar refractivity (Wildman–Crippen MR) is 69.0 cm³/mol. The zero-order valence-electron chi connectivity index (χ0n) is 10.4. The first-order valence-corrected chi connectivity index (χ1v) is 5.56. The quantitative estimate of drug-likeness (QED) is 0.813. The molecule has 6 nitrogen and oxygen atoms in total. The van der Waals surface area contributed by atoms with Crippen LogP contribution in [0.25, 0.3) is 5.65 Å². The van der Waals surface area contributed by atoms with Crippen LogP contribution >= 0.6 is 0 Å². The highest BCUT2D eigenvalue weighted by atomic mass is 15.2. The third kappa shape index (κ3) is 2.65. The average molecular weight is 234 g/mol. The number of likely N-dealkylation sites (N-methyl/N-ethyl adjacent to an activating group) is 1. The van der Waals surface area contributed by atoms with E-state index in [4.69, 9.17) is 5.73 Å². The molecular formula is C11H18N6. The Morgan fingerprint density at radius 1 is 1.53 bits per heavy atom. The minimum Gasteiger partial charge on any atom is -0.382 e. The second kappa shape index (κ2) is 4.58. The van der Waals surface area contributed by atoms with Crippen LogP contribution in [-0.2, 0) is 0 Å². The molecule has 2 heterocycles. The molecule has 17 heavy (non-hydrogen) atoms. The van der Waals surface area contributed by atoms with Gasteiger partial charge in [0, 0.05) is 25.0 Å². The summed E-state index contributed by atoms with van der Waals surface area (Å²) in [5.74, 6) is 1.21. The van der Waals surface area contributed by atoms with Gasteiger partial charge in [-0.15, -0.1) is 0 Å². The third-order valence-electron chi connectivity index (χ3n) is 2.41. The van der Waals surface area contributed by atoms with Gasteiger partial charge in [-0.3, -0.25) is 0 Å². The Bertz CT molecular complexity index is 504. The fourth-order valence-electron chi connectivity index (χ4n) is 1.87. The van der Waals surface area contributed by atoms with Gasteiger partial charge in [0.15, 0.2) is 11.5 Å². The van der Waals surface area contributed by atoms with Crippen LogP contribution in [0.4, 0.5) is 11.6 Å². The van der Waals surface area contributed by atoms with E-state index >= 15 is 0 Å². The SMILES string of the molecule is CC(CN(C)C)Nc1nc(N)cn2ccnc12. The highest BCUT2D eigenvalue weighted by molar-refractivity contribution is 5.65. The topological polar surface area (TPSA) is 71.5 Å². The van der Waals surface area contributed by atoms with E-state index in [-0.39, 0.29) is 6.04 Å². The molecule has 0 aliphatic carbocycles. The maximum atomic E-state index is 5.75. The number of anilines is 2. The van der Waals surface area contributed by atoms with Gasteiger partial charge >= 0.3 is 0 Å². The number of nitrogens with one attached hydrogen (secondary N) is 1. The lowest BCUT2D eigenvalue weighted by atomic mass is 10.3. The molecule has 2 aromatic rings. The number of fused-ring (bicyclic) bond motifs is 1. The van der Waals surface area contributed by atoms with Crippen LogP contribution in [0.5, 0.6) is 0 Å². The molecule has 0 spiro atoms. The van der Waals surface area contributed by atoms with Gasteiger partial charge in [-0.1, -0.05) is 0 Å². The number of hydrogen-bond donors (Lipinski definition) is 2. The van der Waals surface area contributed by atoms with Crippen molar-refractivity contribution in [2.75, 3.05) is 31.7 Å². The summed E-state index contributed by atoms with van der Waals surface area (Å²) in [6.07, 6.45) is 5.34. The molecule has 0 amide bonds. The Hall–Kier alpha value is -1.82.